The van der Waals surface area contributed by atoms with Crippen LogP contribution < -0.4 is 5.32 Å². The molecule has 2 aromatic rings. The first-order valence-corrected chi connectivity index (χ1v) is 9.56. The Morgan fingerprint density at radius 2 is 2.10 bits per heavy atom. The third-order valence-corrected chi connectivity index (χ3v) is 6.58. The Hall–Kier alpha value is -0.730. The first kappa shape index (κ1) is 15.7. The van der Waals surface area contributed by atoms with Crippen LogP contribution in [0.5, 0.6) is 0 Å². The van der Waals surface area contributed by atoms with Crippen LogP contribution in [-0.2, 0) is 23.1 Å². The standard InChI is InChI=1S/C13H18N2O2S3/c1-3-14-8-12-13(5-7-19-12)20(16,17)15(2)9-11-4-6-18-10-11/h4-7,10,14H,3,8-9H2,1-2H3. The van der Waals surface area contributed by atoms with Crippen molar-refractivity contribution in [1.82, 2.24) is 9.62 Å². The van der Waals surface area contributed by atoms with Crippen LogP contribution in [0.1, 0.15) is 17.4 Å². The zero-order valence-electron chi connectivity index (χ0n) is 11.5. The van der Waals surface area contributed by atoms with Gasteiger partial charge in [0.2, 0.25) is 10.0 Å². The largest absolute Gasteiger partial charge is 0.312 e. The van der Waals surface area contributed by atoms with Gasteiger partial charge in [-0.2, -0.15) is 15.6 Å². The van der Waals surface area contributed by atoms with Crippen molar-refractivity contribution in [2.24, 2.45) is 0 Å². The summed E-state index contributed by atoms with van der Waals surface area (Å²) in [6.07, 6.45) is 0. The van der Waals surface area contributed by atoms with Gasteiger partial charge >= 0.3 is 0 Å². The van der Waals surface area contributed by atoms with Crippen molar-refractivity contribution in [3.05, 3.63) is 38.7 Å². The average molecular weight is 330 g/mol. The van der Waals surface area contributed by atoms with E-state index in [1.54, 1.807) is 24.5 Å². The third kappa shape index (κ3) is 3.48. The Morgan fingerprint density at radius 3 is 2.75 bits per heavy atom. The van der Waals surface area contributed by atoms with Crippen molar-refractivity contribution in [3.8, 4) is 0 Å². The summed E-state index contributed by atoms with van der Waals surface area (Å²) in [4.78, 5) is 1.28. The minimum atomic E-state index is -3.42. The summed E-state index contributed by atoms with van der Waals surface area (Å²) in [6, 6.07) is 3.64. The van der Waals surface area contributed by atoms with E-state index in [9.17, 15) is 8.42 Å². The molecular formula is C13H18N2O2S3. The molecule has 0 radical (unpaired) electrons. The summed E-state index contributed by atoms with van der Waals surface area (Å²) in [5.74, 6) is 0. The fourth-order valence-corrected chi connectivity index (χ4v) is 5.02. The van der Waals surface area contributed by atoms with Crippen LogP contribution in [0.25, 0.3) is 0 Å². The number of hydrogen-bond donors (Lipinski definition) is 1. The summed E-state index contributed by atoms with van der Waals surface area (Å²) in [6.45, 7) is 3.82. The molecule has 4 nitrogen and oxygen atoms in total. The van der Waals surface area contributed by atoms with E-state index in [2.05, 4.69) is 5.32 Å². The summed E-state index contributed by atoms with van der Waals surface area (Å²) >= 11 is 3.05. The highest BCUT2D eigenvalue weighted by molar-refractivity contribution is 7.89. The molecule has 0 unspecified atom stereocenters. The highest BCUT2D eigenvalue weighted by atomic mass is 32.2. The van der Waals surface area contributed by atoms with E-state index in [0.29, 0.717) is 18.0 Å². The van der Waals surface area contributed by atoms with Crippen molar-refractivity contribution in [3.63, 3.8) is 0 Å². The average Bonchev–Trinajstić information content (AvgIpc) is 3.06. The highest BCUT2D eigenvalue weighted by Crippen LogP contribution is 2.25. The predicted molar refractivity (Wildman–Crippen MR) is 84.7 cm³/mol. The number of thiophene rings is 2. The molecule has 7 heteroatoms. The predicted octanol–water partition coefficient (Wildman–Crippen LogP) is 2.74. The van der Waals surface area contributed by atoms with E-state index in [1.165, 1.54) is 15.6 Å². The molecule has 110 valence electrons. The molecule has 2 rings (SSSR count). The van der Waals surface area contributed by atoms with Gasteiger partial charge in [-0.05, 0) is 40.4 Å². The normalized spacial score (nSPS) is 12.2. The molecule has 2 heterocycles. The minimum absolute atomic E-state index is 0.405. The zero-order chi connectivity index (χ0) is 14.6. The third-order valence-electron chi connectivity index (χ3n) is 2.91. The smallest absolute Gasteiger partial charge is 0.244 e. The molecule has 0 bridgehead atoms. The Morgan fingerprint density at radius 1 is 1.30 bits per heavy atom. The summed E-state index contributed by atoms with van der Waals surface area (Å²) in [7, 11) is -1.80. The van der Waals surface area contributed by atoms with Gasteiger partial charge in [-0.3, -0.25) is 0 Å². The lowest BCUT2D eigenvalue weighted by Crippen LogP contribution is -2.27. The van der Waals surface area contributed by atoms with Crippen molar-refractivity contribution in [2.75, 3.05) is 13.6 Å². The van der Waals surface area contributed by atoms with Gasteiger partial charge in [-0.15, -0.1) is 11.3 Å². The van der Waals surface area contributed by atoms with Crippen molar-refractivity contribution >= 4 is 32.7 Å². The van der Waals surface area contributed by atoms with Crippen molar-refractivity contribution < 1.29 is 8.42 Å². The molecule has 2 aromatic heterocycles. The van der Waals surface area contributed by atoms with Gasteiger partial charge in [-0.25, -0.2) is 8.42 Å². The van der Waals surface area contributed by atoms with Crippen LogP contribution >= 0.6 is 22.7 Å². The topological polar surface area (TPSA) is 49.4 Å². The van der Waals surface area contributed by atoms with E-state index in [4.69, 9.17) is 0 Å². The molecule has 1 N–H and O–H groups in total. The molecule has 0 atom stereocenters. The molecule has 0 aliphatic rings. The maximum atomic E-state index is 12.6. The fraction of sp³-hybridized carbons (Fsp3) is 0.385. The van der Waals surface area contributed by atoms with Gasteiger partial charge in [0, 0.05) is 25.0 Å². The maximum Gasteiger partial charge on any atom is 0.244 e. The second-order valence-corrected chi connectivity index (χ2v) is 8.18. The molecule has 0 aliphatic carbocycles. The van der Waals surface area contributed by atoms with E-state index in [-0.39, 0.29) is 0 Å². The molecule has 0 amide bonds. The van der Waals surface area contributed by atoms with Gasteiger partial charge in [0.15, 0.2) is 0 Å². The quantitative estimate of drug-likeness (QED) is 0.849. The van der Waals surface area contributed by atoms with Gasteiger partial charge in [0.1, 0.15) is 0 Å². The van der Waals surface area contributed by atoms with Crippen molar-refractivity contribution in [1.29, 1.82) is 0 Å². The molecule has 0 aliphatic heterocycles. The molecule has 0 aromatic carbocycles. The summed E-state index contributed by atoms with van der Waals surface area (Å²) in [5.41, 5.74) is 1.02. The maximum absolute atomic E-state index is 12.6. The molecule has 0 fully saturated rings. The number of nitrogens with zero attached hydrogens (tertiary/aromatic N) is 1. The van der Waals surface area contributed by atoms with Crippen LogP contribution in [0, 0.1) is 0 Å². The Balaban J connectivity index is 2.19. The van der Waals surface area contributed by atoms with E-state index < -0.39 is 10.0 Å². The van der Waals surface area contributed by atoms with Gasteiger partial charge in [-0.1, -0.05) is 6.92 Å². The van der Waals surface area contributed by atoms with Gasteiger partial charge in [0.25, 0.3) is 0 Å². The number of hydrogen-bond acceptors (Lipinski definition) is 5. The molecular weight excluding hydrogens is 312 g/mol. The van der Waals surface area contributed by atoms with Gasteiger partial charge in [0.05, 0.1) is 4.90 Å². The Kier molecular flexibility index (Phi) is 5.34. The highest BCUT2D eigenvalue weighted by Gasteiger charge is 2.24. The number of nitrogens with one attached hydrogen (secondary N) is 1. The van der Waals surface area contributed by atoms with Crippen LogP contribution in [0.2, 0.25) is 0 Å². The minimum Gasteiger partial charge on any atom is -0.312 e. The first-order chi connectivity index (χ1) is 9.55. The monoisotopic (exact) mass is 330 g/mol. The van der Waals surface area contributed by atoms with Crippen LogP contribution in [0.15, 0.2) is 33.2 Å². The van der Waals surface area contributed by atoms with Crippen LogP contribution in [0.4, 0.5) is 0 Å². The van der Waals surface area contributed by atoms with Crippen LogP contribution in [0.3, 0.4) is 0 Å². The second kappa shape index (κ2) is 6.82. The SMILES string of the molecule is CCNCc1sccc1S(=O)(=O)N(C)Cc1ccsc1. The molecule has 0 spiro atoms. The van der Waals surface area contributed by atoms with Crippen molar-refractivity contribution in [2.45, 2.75) is 24.9 Å². The molecule has 0 saturated heterocycles. The summed E-state index contributed by atoms with van der Waals surface area (Å²) < 4.78 is 26.6. The van der Waals surface area contributed by atoms with E-state index >= 15 is 0 Å². The fourth-order valence-electron chi connectivity index (χ4n) is 1.82. The van der Waals surface area contributed by atoms with E-state index in [0.717, 1.165) is 17.0 Å². The number of sulfonamides is 1. The molecule has 20 heavy (non-hydrogen) atoms. The first-order valence-electron chi connectivity index (χ1n) is 6.30. The zero-order valence-corrected chi connectivity index (χ0v) is 13.9. The molecule has 0 saturated carbocycles. The summed E-state index contributed by atoms with van der Waals surface area (Å²) in [5, 5.41) is 8.93. The Labute approximate surface area is 128 Å². The lowest BCUT2D eigenvalue weighted by molar-refractivity contribution is 0.466. The van der Waals surface area contributed by atoms with Gasteiger partial charge < -0.3 is 5.32 Å². The second-order valence-electron chi connectivity index (χ2n) is 4.38. The van der Waals surface area contributed by atoms with Crippen LogP contribution in [-0.4, -0.2) is 26.3 Å². The lowest BCUT2D eigenvalue weighted by Gasteiger charge is -2.17. The Bertz CT molecular complexity index is 632. The number of rotatable bonds is 7. The lowest BCUT2D eigenvalue weighted by atomic mass is 10.3. The van der Waals surface area contributed by atoms with E-state index in [1.807, 2.05) is 29.1 Å².